The van der Waals surface area contributed by atoms with E-state index < -0.39 is 0 Å². The minimum atomic E-state index is 0.802. The molecule has 0 unspecified atom stereocenters. The first-order valence-corrected chi connectivity index (χ1v) is 3.76. The fourth-order valence-electron chi connectivity index (χ4n) is 1.21. The molecule has 58 valence electrons. The normalized spacial score (nSPS) is 19.6. The van der Waals surface area contributed by atoms with Crippen LogP contribution in [0.1, 0.15) is 6.92 Å². The van der Waals surface area contributed by atoms with Crippen molar-refractivity contribution in [3.63, 3.8) is 0 Å². The van der Waals surface area contributed by atoms with Gasteiger partial charge in [-0.2, -0.15) is 0 Å². The highest BCUT2D eigenvalue weighted by Crippen LogP contribution is 2.07. The molecule has 0 saturated heterocycles. The zero-order chi connectivity index (χ0) is 7.40. The van der Waals surface area contributed by atoms with Gasteiger partial charge in [0.1, 0.15) is 0 Å². The van der Waals surface area contributed by atoms with E-state index in [1.165, 1.54) is 5.57 Å². The molecule has 2 heteroatoms. The maximum absolute atomic E-state index is 5.02. The fourth-order valence-corrected chi connectivity index (χ4v) is 1.21. The van der Waals surface area contributed by atoms with E-state index in [1.54, 1.807) is 7.11 Å². The molecule has 0 aliphatic carbocycles. The molecule has 0 aromatic heterocycles. The van der Waals surface area contributed by atoms with Gasteiger partial charge in [0.05, 0.1) is 6.61 Å². The van der Waals surface area contributed by atoms with E-state index in [0.29, 0.717) is 0 Å². The molecule has 0 bridgehead atoms. The summed E-state index contributed by atoms with van der Waals surface area (Å²) in [7, 11) is 1.75. The van der Waals surface area contributed by atoms with Crippen molar-refractivity contribution in [1.29, 1.82) is 0 Å². The number of likely N-dealkylation sites (N-methyl/N-ethyl adjacent to an activating group) is 1. The topological polar surface area (TPSA) is 12.5 Å². The Kier molecular flexibility index (Phi) is 2.90. The maximum atomic E-state index is 5.02. The second kappa shape index (κ2) is 3.74. The summed E-state index contributed by atoms with van der Waals surface area (Å²) in [6.45, 7) is 6.34. The molecule has 0 atom stereocenters. The molecular formula is C8H15NO. The number of hydrogen-bond acceptors (Lipinski definition) is 2. The average Bonchev–Trinajstić information content (AvgIpc) is 2.37. The van der Waals surface area contributed by atoms with Crippen molar-refractivity contribution in [3.8, 4) is 0 Å². The highest BCUT2D eigenvalue weighted by atomic mass is 16.5. The Balaban J connectivity index is 2.25. The second-order valence-electron chi connectivity index (χ2n) is 2.62. The predicted molar refractivity (Wildman–Crippen MR) is 42.1 cm³/mol. The average molecular weight is 141 g/mol. The van der Waals surface area contributed by atoms with Crippen LogP contribution in [0.25, 0.3) is 0 Å². The van der Waals surface area contributed by atoms with Gasteiger partial charge in [-0.25, -0.2) is 0 Å². The van der Waals surface area contributed by atoms with Crippen molar-refractivity contribution < 1.29 is 4.74 Å². The summed E-state index contributed by atoms with van der Waals surface area (Å²) in [6, 6.07) is 0. The van der Waals surface area contributed by atoms with Gasteiger partial charge in [0.25, 0.3) is 0 Å². The van der Waals surface area contributed by atoms with E-state index in [1.807, 2.05) is 0 Å². The molecule has 1 aliphatic rings. The van der Waals surface area contributed by atoms with Crippen molar-refractivity contribution in [1.82, 2.24) is 4.90 Å². The van der Waals surface area contributed by atoms with Crippen LogP contribution in [0.5, 0.6) is 0 Å². The van der Waals surface area contributed by atoms with Crippen LogP contribution in [0.2, 0.25) is 0 Å². The Bertz CT molecular complexity index is 131. The van der Waals surface area contributed by atoms with Crippen LogP contribution in [0, 0.1) is 0 Å². The predicted octanol–water partition coefficient (Wildman–Crippen LogP) is 0.895. The third kappa shape index (κ3) is 1.82. The van der Waals surface area contributed by atoms with Gasteiger partial charge in [0.2, 0.25) is 0 Å². The first kappa shape index (κ1) is 7.76. The van der Waals surface area contributed by atoms with Crippen LogP contribution >= 0.6 is 0 Å². The summed E-state index contributed by atoms with van der Waals surface area (Å²) < 4.78 is 5.02. The van der Waals surface area contributed by atoms with Crippen LogP contribution in [-0.2, 0) is 4.74 Å². The molecule has 0 N–H and O–H groups in total. The molecule has 0 saturated carbocycles. The Morgan fingerprint density at radius 2 is 2.50 bits per heavy atom. The molecule has 0 spiro atoms. The lowest BCUT2D eigenvalue weighted by molar-refractivity contribution is 0.220. The van der Waals surface area contributed by atoms with E-state index in [2.05, 4.69) is 17.9 Å². The van der Waals surface area contributed by atoms with Crippen LogP contribution in [-0.4, -0.2) is 38.3 Å². The van der Waals surface area contributed by atoms with E-state index in [-0.39, 0.29) is 0 Å². The molecule has 0 aromatic rings. The van der Waals surface area contributed by atoms with E-state index in [0.717, 1.165) is 26.2 Å². The van der Waals surface area contributed by atoms with E-state index >= 15 is 0 Å². The number of hydrogen-bond donors (Lipinski definition) is 0. The van der Waals surface area contributed by atoms with Gasteiger partial charge in [-0.05, 0) is 12.1 Å². The summed E-state index contributed by atoms with van der Waals surface area (Å²) >= 11 is 0. The van der Waals surface area contributed by atoms with Crippen molar-refractivity contribution >= 4 is 0 Å². The van der Waals surface area contributed by atoms with Crippen molar-refractivity contribution in [2.75, 3.05) is 33.4 Å². The van der Waals surface area contributed by atoms with Gasteiger partial charge in [0, 0.05) is 20.2 Å². The highest BCUT2D eigenvalue weighted by Gasteiger charge is 2.10. The largest absolute Gasteiger partial charge is 0.380 e. The van der Waals surface area contributed by atoms with Gasteiger partial charge in [-0.1, -0.05) is 13.0 Å². The molecule has 1 rings (SSSR count). The summed E-state index contributed by atoms with van der Waals surface area (Å²) in [4.78, 5) is 2.38. The molecule has 0 fully saturated rings. The quantitative estimate of drug-likeness (QED) is 0.541. The highest BCUT2D eigenvalue weighted by molar-refractivity contribution is 5.11. The molecule has 0 amide bonds. The number of rotatable bonds is 3. The number of methoxy groups -OCH3 is 1. The van der Waals surface area contributed by atoms with Crippen LogP contribution in [0.3, 0.4) is 0 Å². The van der Waals surface area contributed by atoms with Gasteiger partial charge in [-0.15, -0.1) is 0 Å². The summed E-state index contributed by atoms with van der Waals surface area (Å²) in [5.74, 6) is 0. The van der Waals surface area contributed by atoms with E-state index in [9.17, 15) is 0 Å². The Morgan fingerprint density at radius 1 is 1.70 bits per heavy atom. The molecule has 1 aliphatic heterocycles. The lowest BCUT2D eigenvalue weighted by Crippen LogP contribution is -2.20. The zero-order valence-corrected chi connectivity index (χ0v) is 6.76. The van der Waals surface area contributed by atoms with Gasteiger partial charge < -0.3 is 4.74 Å². The molecule has 10 heavy (non-hydrogen) atoms. The standard InChI is InChI=1S/C8H15NO/c1-3-9-5-4-8(6-9)7-10-2/h4H,3,5-7H2,1-2H3. The van der Waals surface area contributed by atoms with Crippen LogP contribution < -0.4 is 0 Å². The number of nitrogens with zero attached hydrogens (tertiary/aromatic N) is 1. The molecule has 2 nitrogen and oxygen atoms in total. The van der Waals surface area contributed by atoms with Crippen LogP contribution in [0.4, 0.5) is 0 Å². The van der Waals surface area contributed by atoms with Gasteiger partial charge >= 0.3 is 0 Å². The Hall–Kier alpha value is -0.340. The SMILES string of the molecule is CCN1CC=C(COC)C1. The van der Waals surface area contributed by atoms with E-state index in [4.69, 9.17) is 4.74 Å². The third-order valence-corrected chi connectivity index (χ3v) is 1.84. The van der Waals surface area contributed by atoms with Crippen molar-refractivity contribution in [2.45, 2.75) is 6.92 Å². The van der Waals surface area contributed by atoms with Crippen LogP contribution in [0.15, 0.2) is 11.6 Å². The molecular weight excluding hydrogens is 126 g/mol. The third-order valence-electron chi connectivity index (χ3n) is 1.84. The Morgan fingerprint density at radius 3 is 3.00 bits per heavy atom. The minimum Gasteiger partial charge on any atom is -0.380 e. The maximum Gasteiger partial charge on any atom is 0.0685 e. The lowest BCUT2D eigenvalue weighted by Gasteiger charge is -2.11. The van der Waals surface area contributed by atoms with Gasteiger partial charge in [0.15, 0.2) is 0 Å². The molecule has 0 radical (unpaired) electrons. The number of ether oxygens (including phenoxy) is 1. The fraction of sp³-hybridized carbons (Fsp3) is 0.750. The zero-order valence-electron chi connectivity index (χ0n) is 6.76. The summed E-state index contributed by atoms with van der Waals surface area (Å²) in [5, 5.41) is 0. The van der Waals surface area contributed by atoms with Crippen molar-refractivity contribution in [3.05, 3.63) is 11.6 Å². The van der Waals surface area contributed by atoms with Crippen molar-refractivity contribution in [2.24, 2.45) is 0 Å². The monoisotopic (exact) mass is 141 g/mol. The summed E-state index contributed by atoms with van der Waals surface area (Å²) in [5.41, 5.74) is 1.42. The first-order valence-electron chi connectivity index (χ1n) is 3.76. The van der Waals surface area contributed by atoms with Gasteiger partial charge in [-0.3, -0.25) is 4.90 Å². The molecule has 0 aromatic carbocycles. The Labute approximate surface area is 62.5 Å². The smallest absolute Gasteiger partial charge is 0.0685 e. The first-order chi connectivity index (χ1) is 4.86. The molecule has 1 heterocycles. The lowest BCUT2D eigenvalue weighted by atomic mass is 10.3. The second-order valence-corrected chi connectivity index (χ2v) is 2.62. The summed E-state index contributed by atoms with van der Waals surface area (Å²) in [6.07, 6.45) is 2.26. The minimum absolute atomic E-state index is 0.802.